The highest BCUT2D eigenvalue weighted by Gasteiger charge is 2.26. The topological polar surface area (TPSA) is 122 Å². The molecule has 2 aliphatic rings. The van der Waals surface area contributed by atoms with E-state index in [4.69, 9.17) is 21.4 Å². The fourth-order valence-electron chi connectivity index (χ4n) is 3.78. The summed E-state index contributed by atoms with van der Waals surface area (Å²) in [5, 5.41) is 11.6. The molecule has 1 aliphatic carbocycles. The van der Waals surface area contributed by atoms with Crippen molar-refractivity contribution < 1.29 is 9.32 Å². The third-order valence-electron chi connectivity index (χ3n) is 5.40. The summed E-state index contributed by atoms with van der Waals surface area (Å²) in [7, 11) is 0. The van der Waals surface area contributed by atoms with Crippen LogP contribution in [0.25, 0.3) is 0 Å². The van der Waals surface area contributed by atoms with E-state index in [0.717, 1.165) is 63.1 Å². The molecule has 0 unspecified atom stereocenters. The molecule has 7 heteroatoms. The Morgan fingerprint density at radius 3 is 2.79 bits per heavy atom. The largest absolute Gasteiger partial charge is 0.370 e. The number of aromatic nitrogens is 1. The van der Waals surface area contributed by atoms with E-state index >= 15 is 0 Å². The van der Waals surface area contributed by atoms with Crippen molar-refractivity contribution in [2.45, 2.75) is 56.9 Å². The normalized spacial score (nSPS) is 23.6. The molecule has 2 fully saturated rings. The van der Waals surface area contributed by atoms with Crippen molar-refractivity contribution in [3.8, 4) is 0 Å². The molecule has 1 aromatic rings. The van der Waals surface area contributed by atoms with Crippen molar-refractivity contribution in [2.75, 3.05) is 13.1 Å². The van der Waals surface area contributed by atoms with Gasteiger partial charge in [0.25, 0.3) is 0 Å². The molecule has 5 N–H and O–H groups in total. The molecule has 0 amide bonds. The average molecular weight is 333 g/mol. The second kappa shape index (κ2) is 7.34. The standard InChI is InChI=1S/C17H27N5O2/c18-14(4-2-11-1-3-13(23)9-11)15-10-16(24-21-15)12-5-7-22(8-6-12)17(19)20/h10-12,14H,1-9,18H2,(H3,19,20)/t11-,14-/m0/s1. The van der Waals surface area contributed by atoms with Crippen LogP contribution in [-0.2, 0) is 4.79 Å². The Bertz CT molecular complexity index is 592. The minimum atomic E-state index is -0.129. The van der Waals surface area contributed by atoms with Gasteiger partial charge in [-0.2, -0.15) is 0 Å². The summed E-state index contributed by atoms with van der Waals surface area (Å²) in [6.45, 7) is 1.55. The van der Waals surface area contributed by atoms with Gasteiger partial charge in [0.15, 0.2) is 5.96 Å². The summed E-state index contributed by atoms with van der Waals surface area (Å²) in [6.07, 6.45) is 6.09. The van der Waals surface area contributed by atoms with E-state index in [1.165, 1.54) is 0 Å². The predicted molar refractivity (Wildman–Crippen MR) is 90.5 cm³/mol. The fourth-order valence-corrected chi connectivity index (χ4v) is 3.78. The van der Waals surface area contributed by atoms with Crippen LogP contribution in [-0.4, -0.2) is 34.9 Å². The van der Waals surface area contributed by atoms with Gasteiger partial charge in [-0.1, -0.05) is 5.16 Å². The Labute approximate surface area is 142 Å². The molecular formula is C17H27N5O2. The third-order valence-corrected chi connectivity index (χ3v) is 5.40. The average Bonchev–Trinajstić information content (AvgIpc) is 3.22. The lowest BCUT2D eigenvalue weighted by Gasteiger charge is -2.30. The molecule has 1 aliphatic heterocycles. The Kier molecular flexibility index (Phi) is 5.18. The summed E-state index contributed by atoms with van der Waals surface area (Å²) < 4.78 is 5.52. The minimum absolute atomic E-state index is 0.129. The van der Waals surface area contributed by atoms with Gasteiger partial charge in [-0.05, 0) is 38.0 Å². The van der Waals surface area contributed by atoms with Crippen LogP contribution in [0.3, 0.4) is 0 Å². The SMILES string of the molecule is N=C(N)N1CCC(c2cc([C@@H](N)CC[C@@H]3CCC(=O)C3)no2)CC1. The maximum atomic E-state index is 11.3. The second-order valence-corrected chi connectivity index (χ2v) is 7.13. The number of piperidine rings is 1. The van der Waals surface area contributed by atoms with Gasteiger partial charge in [0.2, 0.25) is 0 Å². The first-order valence-corrected chi connectivity index (χ1v) is 8.85. The highest BCUT2D eigenvalue weighted by Crippen LogP contribution is 2.31. The van der Waals surface area contributed by atoms with Crippen molar-refractivity contribution in [1.29, 1.82) is 5.41 Å². The minimum Gasteiger partial charge on any atom is -0.370 e. The summed E-state index contributed by atoms with van der Waals surface area (Å²) >= 11 is 0. The van der Waals surface area contributed by atoms with E-state index in [0.29, 0.717) is 24.0 Å². The van der Waals surface area contributed by atoms with Gasteiger partial charge < -0.3 is 20.9 Å². The van der Waals surface area contributed by atoms with Gasteiger partial charge in [-0.25, -0.2) is 0 Å². The quantitative estimate of drug-likeness (QED) is 0.559. The van der Waals surface area contributed by atoms with Crippen molar-refractivity contribution in [3.05, 3.63) is 17.5 Å². The highest BCUT2D eigenvalue weighted by atomic mass is 16.5. The molecule has 1 saturated heterocycles. The van der Waals surface area contributed by atoms with Crippen molar-refractivity contribution in [2.24, 2.45) is 17.4 Å². The van der Waals surface area contributed by atoms with E-state index in [9.17, 15) is 4.79 Å². The van der Waals surface area contributed by atoms with Crippen LogP contribution in [0.4, 0.5) is 0 Å². The fraction of sp³-hybridized carbons (Fsp3) is 0.706. The van der Waals surface area contributed by atoms with E-state index < -0.39 is 0 Å². The molecule has 0 spiro atoms. The highest BCUT2D eigenvalue weighted by molar-refractivity contribution is 5.80. The van der Waals surface area contributed by atoms with Crippen LogP contribution in [0, 0.1) is 11.3 Å². The number of nitrogens with two attached hydrogens (primary N) is 2. The Balaban J connectivity index is 1.49. The lowest BCUT2D eigenvalue weighted by atomic mass is 9.93. The first kappa shape index (κ1) is 17.0. The summed E-state index contributed by atoms with van der Waals surface area (Å²) in [6, 6.07) is 1.86. The number of rotatable bonds is 5. The lowest BCUT2D eigenvalue weighted by molar-refractivity contribution is -0.117. The number of nitrogens with one attached hydrogen (secondary N) is 1. The van der Waals surface area contributed by atoms with E-state index in [2.05, 4.69) is 5.16 Å². The lowest BCUT2D eigenvalue weighted by Crippen LogP contribution is -2.41. The van der Waals surface area contributed by atoms with E-state index in [-0.39, 0.29) is 12.0 Å². The van der Waals surface area contributed by atoms with Crippen LogP contribution in [0.1, 0.15) is 68.4 Å². The van der Waals surface area contributed by atoms with Crippen molar-refractivity contribution in [1.82, 2.24) is 10.1 Å². The Morgan fingerprint density at radius 1 is 1.42 bits per heavy atom. The predicted octanol–water partition coefficient (Wildman–Crippen LogP) is 1.90. The molecule has 0 bridgehead atoms. The molecule has 1 saturated carbocycles. The molecule has 24 heavy (non-hydrogen) atoms. The van der Waals surface area contributed by atoms with Crippen molar-refractivity contribution >= 4 is 11.7 Å². The van der Waals surface area contributed by atoms with Gasteiger partial charge in [0.1, 0.15) is 17.2 Å². The van der Waals surface area contributed by atoms with Crippen LogP contribution in [0.2, 0.25) is 0 Å². The maximum Gasteiger partial charge on any atom is 0.188 e. The Morgan fingerprint density at radius 2 is 2.17 bits per heavy atom. The molecule has 1 aromatic heterocycles. The number of Topliss-reactive ketones (excluding diaryl/α,β-unsaturated/α-hetero) is 1. The van der Waals surface area contributed by atoms with Gasteiger partial charge in [-0.3, -0.25) is 10.2 Å². The number of hydrogen-bond donors (Lipinski definition) is 3. The monoisotopic (exact) mass is 333 g/mol. The summed E-state index contributed by atoms with van der Waals surface area (Å²) in [5.41, 5.74) is 12.6. The molecule has 2 heterocycles. The van der Waals surface area contributed by atoms with Gasteiger partial charge in [0.05, 0.1) is 6.04 Å². The number of ketones is 1. The van der Waals surface area contributed by atoms with E-state index in [1.54, 1.807) is 0 Å². The summed E-state index contributed by atoms with van der Waals surface area (Å²) in [4.78, 5) is 13.2. The number of carbonyl (C=O) groups excluding carboxylic acids is 1. The summed E-state index contributed by atoms with van der Waals surface area (Å²) in [5.74, 6) is 2.22. The van der Waals surface area contributed by atoms with Gasteiger partial charge in [0, 0.05) is 37.9 Å². The van der Waals surface area contributed by atoms with Gasteiger partial charge >= 0.3 is 0 Å². The van der Waals surface area contributed by atoms with E-state index in [1.807, 2.05) is 11.0 Å². The zero-order valence-electron chi connectivity index (χ0n) is 14.0. The molecule has 0 radical (unpaired) electrons. The zero-order chi connectivity index (χ0) is 17.1. The molecule has 3 rings (SSSR count). The molecular weight excluding hydrogens is 306 g/mol. The maximum absolute atomic E-state index is 11.3. The molecule has 7 nitrogen and oxygen atoms in total. The number of carbonyl (C=O) groups is 1. The number of likely N-dealkylation sites (tertiary alicyclic amines) is 1. The number of guanidine groups is 1. The Hall–Kier alpha value is -1.89. The first-order chi connectivity index (χ1) is 11.5. The smallest absolute Gasteiger partial charge is 0.188 e. The second-order valence-electron chi connectivity index (χ2n) is 7.13. The zero-order valence-corrected chi connectivity index (χ0v) is 14.0. The van der Waals surface area contributed by atoms with Crippen LogP contribution < -0.4 is 11.5 Å². The van der Waals surface area contributed by atoms with Crippen molar-refractivity contribution in [3.63, 3.8) is 0 Å². The van der Waals surface area contributed by atoms with Crippen LogP contribution in [0.5, 0.6) is 0 Å². The van der Waals surface area contributed by atoms with Crippen LogP contribution >= 0.6 is 0 Å². The number of nitrogens with zero attached hydrogens (tertiary/aromatic N) is 2. The number of hydrogen-bond acceptors (Lipinski definition) is 5. The van der Waals surface area contributed by atoms with Crippen LogP contribution in [0.15, 0.2) is 10.6 Å². The first-order valence-electron chi connectivity index (χ1n) is 8.85. The third kappa shape index (κ3) is 3.95. The van der Waals surface area contributed by atoms with Gasteiger partial charge in [-0.15, -0.1) is 0 Å². The molecule has 0 aromatic carbocycles. The molecule has 2 atom stereocenters. The molecule has 132 valence electrons.